The number of imidazole rings is 1. The second-order valence-electron chi connectivity index (χ2n) is 5.68. The van der Waals surface area contributed by atoms with E-state index in [4.69, 9.17) is 9.72 Å². The summed E-state index contributed by atoms with van der Waals surface area (Å²) in [5.74, 6) is 1.45. The molecule has 0 spiro atoms. The molecule has 0 unspecified atom stereocenters. The molecular weight excluding hydrogens is 366 g/mol. The van der Waals surface area contributed by atoms with Gasteiger partial charge in [0.25, 0.3) is 0 Å². The minimum Gasteiger partial charge on any atom is -0.444 e. The summed E-state index contributed by atoms with van der Waals surface area (Å²) in [7, 11) is 0. The van der Waals surface area contributed by atoms with E-state index >= 15 is 0 Å². The number of esters is 1. The van der Waals surface area contributed by atoms with Crippen LogP contribution in [0.4, 0.5) is 0 Å². The van der Waals surface area contributed by atoms with E-state index in [-0.39, 0.29) is 12.7 Å². The lowest BCUT2D eigenvalue weighted by Gasteiger charge is -2.11. The Labute approximate surface area is 161 Å². The molecule has 0 aliphatic carbocycles. The van der Waals surface area contributed by atoms with Crippen molar-refractivity contribution in [2.24, 2.45) is 0 Å². The normalized spacial score (nSPS) is 11.0. The first kappa shape index (κ1) is 18.8. The number of carbonyl (C=O) groups is 1. The van der Waals surface area contributed by atoms with Crippen molar-refractivity contribution >= 4 is 40.5 Å². The first-order chi connectivity index (χ1) is 12.6. The molecule has 0 radical (unpaired) electrons. The average molecular weight is 388 g/mol. The topological polar surface area (TPSA) is 57.0 Å². The summed E-state index contributed by atoms with van der Waals surface area (Å²) in [6.45, 7) is 5.84. The summed E-state index contributed by atoms with van der Waals surface area (Å²) in [4.78, 5) is 21.7. The van der Waals surface area contributed by atoms with Crippen LogP contribution in [-0.2, 0) is 22.0 Å². The molecule has 3 aromatic rings. The number of para-hydroxylation sites is 2. The number of thioether (sulfide) groups is 2. The summed E-state index contributed by atoms with van der Waals surface area (Å²) in [5, 5.41) is 0.821. The highest BCUT2D eigenvalue weighted by atomic mass is 32.2. The third-order valence-electron chi connectivity index (χ3n) is 3.91. The Balaban J connectivity index is 1.85. The maximum absolute atomic E-state index is 11.2. The predicted octanol–water partition coefficient (Wildman–Crippen LogP) is 4.66. The number of fused-ring (bicyclic) bond motifs is 1. The number of ether oxygens (including phenoxy) is 1. The molecule has 0 amide bonds. The highest BCUT2D eigenvalue weighted by Crippen LogP contribution is 2.30. The van der Waals surface area contributed by atoms with Gasteiger partial charge < -0.3 is 4.74 Å². The Morgan fingerprint density at radius 1 is 1.23 bits per heavy atom. The van der Waals surface area contributed by atoms with Crippen LogP contribution in [-0.4, -0.2) is 26.3 Å². The third-order valence-corrected chi connectivity index (χ3v) is 5.94. The van der Waals surface area contributed by atoms with Gasteiger partial charge in [-0.25, -0.2) is 4.98 Å². The van der Waals surface area contributed by atoms with E-state index in [9.17, 15) is 4.79 Å². The second-order valence-corrected chi connectivity index (χ2v) is 7.93. The van der Waals surface area contributed by atoms with Crippen LogP contribution in [0, 0.1) is 6.92 Å². The standard InChI is InChI=1S/C19H21N3O2S2/c1-4-25-18-9-10-20-16(13(18)2)11-26-19-21-15-7-5-6-8-17(15)22(19)12-24-14(3)23/h5-10H,4,11-12H2,1-3H3. The quantitative estimate of drug-likeness (QED) is 0.434. The van der Waals surface area contributed by atoms with Crippen LogP contribution < -0.4 is 0 Å². The Morgan fingerprint density at radius 3 is 2.81 bits per heavy atom. The number of aromatic nitrogens is 3. The fourth-order valence-electron chi connectivity index (χ4n) is 2.59. The fourth-order valence-corrected chi connectivity index (χ4v) is 4.42. The molecule has 136 valence electrons. The zero-order valence-corrected chi connectivity index (χ0v) is 16.7. The molecule has 0 saturated heterocycles. The van der Waals surface area contributed by atoms with Gasteiger partial charge in [0, 0.05) is 23.8 Å². The molecule has 3 rings (SSSR count). The van der Waals surface area contributed by atoms with Crippen LogP contribution >= 0.6 is 23.5 Å². The molecule has 0 bridgehead atoms. The number of hydrogen-bond acceptors (Lipinski definition) is 6. The van der Waals surface area contributed by atoms with E-state index in [0.717, 1.165) is 27.6 Å². The number of carbonyl (C=O) groups excluding carboxylic acids is 1. The smallest absolute Gasteiger partial charge is 0.304 e. The van der Waals surface area contributed by atoms with E-state index in [1.54, 1.807) is 11.8 Å². The van der Waals surface area contributed by atoms with E-state index < -0.39 is 0 Å². The van der Waals surface area contributed by atoms with Gasteiger partial charge in [-0.15, -0.1) is 11.8 Å². The minimum atomic E-state index is -0.305. The Morgan fingerprint density at radius 2 is 2.04 bits per heavy atom. The lowest BCUT2D eigenvalue weighted by molar-refractivity contribution is -0.144. The molecule has 0 N–H and O–H groups in total. The first-order valence-electron chi connectivity index (χ1n) is 8.39. The lowest BCUT2D eigenvalue weighted by Crippen LogP contribution is -2.07. The molecule has 2 heterocycles. The highest BCUT2D eigenvalue weighted by molar-refractivity contribution is 7.99. The SMILES string of the molecule is CCSc1ccnc(CSc2nc3ccccc3n2COC(C)=O)c1C. The molecule has 0 fully saturated rings. The zero-order valence-electron chi connectivity index (χ0n) is 15.1. The van der Waals surface area contributed by atoms with Crippen molar-refractivity contribution in [3.8, 4) is 0 Å². The monoisotopic (exact) mass is 387 g/mol. The van der Waals surface area contributed by atoms with Crippen LogP contribution in [0.25, 0.3) is 11.0 Å². The van der Waals surface area contributed by atoms with Gasteiger partial charge in [-0.05, 0) is 36.4 Å². The molecule has 0 aliphatic rings. The maximum atomic E-state index is 11.2. The summed E-state index contributed by atoms with van der Waals surface area (Å²) >= 11 is 3.44. The van der Waals surface area contributed by atoms with Crippen molar-refractivity contribution in [3.63, 3.8) is 0 Å². The molecular formula is C19H21N3O2S2. The van der Waals surface area contributed by atoms with Gasteiger partial charge in [0.2, 0.25) is 0 Å². The van der Waals surface area contributed by atoms with Gasteiger partial charge in [0.05, 0.1) is 16.7 Å². The largest absolute Gasteiger partial charge is 0.444 e. The van der Waals surface area contributed by atoms with Crippen molar-refractivity contribution in [2.75, 3.05) is 5.75 Å². The van der Waals surface area contributed by atoms with Crippen molar-refractivity contribution in [2.45, 2.75) is 43.3 Å². The zero-order chi connectivity index (χ0) is 18.5. The maximum Gasteiger partial charge on any atom is 0.304 e. The van der Waals surface area contributed by atoms with Crippen LogP contribution in [0.2, 0.25) is 0 Å². The molecule has 7 heteroatoms. The molecule has 5 nitrogen and oxygen atoms in total. The van der Waals surface area contributed by atoms with Gasteiger partial charge in [-0.2, -0.15) is 0 Å². The van der Waals surface area contributed by atoms with Gasteiger partial charge in [-0.1, -0.05) is 30.8 Å². The van der Waals surface area contributed by atoms with Crippen molar-refractivity contribution in [3.05, 3.63) is 47.8 Å². The van der Waals surface area contributed by atoms with Crippen molar-refractivity contribution < 1.29 is 9.53 Å². The molecule has 0 atom stereocenters. The van der Waals surface area contributed by atoms with Crippen LogP contribution in [0.1, 0.15) is 25.1 Å². The van der Waals surface area contributed by atoms with E-state index in [0.29, 0.717) is 5.75 Å². The summed E-state index contributed by atoms with van der Waals surface area (Å²) in [5.41, 5.74) is 4.12. The average Bonchev–Trinajstić information content (AvgIpc) is 2.98. The number of pyridine rings is 1. The Kier molecular flexibility index (Phi) is 6.21. The van der Waals surface area contributed by atoms with Gasteiger partial charge >= 0.3 is 5.97 Å². The molecule has 26 heavy (non-hydrogen) atoms. The summed E-state index contributed by atoms with van der Waals surface area (Å²) in [6.07, 6.45) is 1.86. The summed E-state index contributed by atoms with van der Waals surface area (Å²) < 4.78 is 7.15. The number of rotatable bonds is 7. The number of hydrogen-bond donors (Lipinski definition) is 0. The summed E-state index contributed by atoms with van der Waals surface area (Å²) in [6, 6.07) is 9.92. The van der Waals surface area contributed by atoms with Crippen LogP contribution in [0.15, 0.2) is 46.6 Å². The Bertz CT molecular complexity index is 924. The minimum absolute atomic E-state index is 0.163. The predicted molar refractivity (Wildman–Crippen MR) is 106 cm³/mol. The van der Waals surface area contributed by atoms with Gasteiger partial charge in [-0.3, -0.25) is 14.3 Å². The number of nitrogens with zero attached hydrogens (tertiary/aromatic N) is 3. The van der Waals surface area contributed by atoms with E-state index in [2.05, 4.69) is 24.9 Å². The van der Waals surface area contributed by atoms with Crippen molar-refractivity contribution in [1.29, 1.82) is 0 Å². The number of benzene rings is 1. The lowest BCUT2D eigenvalue weighted by atomic mass is 10.2. The van der Waals surface area contributed by atoms with E-state index in [1.807, 2.05) is 46.8 Å². The van der Waals surface area contributed by atoms with Crippen molar-refractivity contribution in [1.82, 2.24) is 14.5 Å². The first-order valence-corrected chi connectivity index (χ1v) is 10.4. The molecule has 0 saturated carbocycles. The van der Waals surface area contributed by atoms with Gasteiger partial charge in [0.1, 0.15) is 0 Å². The third kappa shape index (κ3) is 4.22. The van der Waals surface area contributed by atoms with Crippen LogP contribution in [0.3, 0.4) is 0 Å². The molecule has 0 aliphatic heterocycles. The fraction of sp³-hybridized carbons (Fsp3) is 0.316. The Hall–Kier alpha value is -1.99. The van der Waals surface area contributed by atoms with Gasteiger partial charge in [0.15, 0.2) is 11.9 Å². The highest BCUT2D eigenvalue weighted by Gasteiger charge is 2.14. The van der Waals surface area contributed by atoms with Crippen LogP contribution in [0.5, 0.6) is 0 Å². The second kappa shape index (κ2) is 8.60. The van der Waals surface area contributed by atoms with E-state index in [1.165, 1.54) is 17.4 Å². The molecule has 2 aromatic heterocycles. The molecule has 1 aromatic carbocycles.